The summed E-state index contributed by atoms with van der Waals surface area (Å²) in [6.07, 6.45) is 2.44. The maximum atomic E-state index is 5.89. The second-order valence-corrected chi connectivity index (χ2v) is 3.07. The van der Waals surface area contributed by atoms with Gasteiger partial charge in [0.25, 0.3) is 0 Å². The van der Waals surface area contributed by atoms with Crippen LogP contribution in [0.2, 0.25) is 0 Å². The smallest absolute Gasteiger partial charge is 0.0850 e. The van der Waals surface area contributed by atoms with Gasteiger partial charge in [-0.25, -0.2) is 0 Å². The van der Waals surface area contributed by atoms with E-state index in [2.05, 4.69) is 12.2 Å². The van der Waals surface area contributed by atoms with Gasteiger partial charge in [-0.1, -0.05) is 13.3 Å². The zero-order valence-corrected chi connectivity index (χ0v) is 7.18. The molecule has 2 unspecified atom stereocenters. The van der Waals surface area contributed by atoms with Crippen LogP contribution in [-0.4, -0.2) is 31.8 Å². The van der Waals surface area contributed by atoms with E-state index in [0.29, 0.717) is 0 Å². The van der Waals surface area contributed by atoms with Crippen LogP contribution in [0, 0.1) is 0 Å². The zero-order valence-electron chi connectivity index (χ0n) is 7.18. The highest BCUT2D eigenvalue weighted by molar-refractivity contribution is 4.77. The van der Waals surface area contributed by atoms with Gasteiger partial charge in [0.2, 0.25) is 0 Å². The second kappa shape index (κ2) is 4.70. The molecular weight excluding hydrogens is 140 g/mol. The van der Waals surface area contributed by atoms with Gasteiger partial charge in [0.05, 0.1) is 12.7 Å². The van der Waals surface area contributed by atoms with Crippen molar-refractivity contribution in [3.05, 3.63) is 0 Å². The fourth-order valence-corrected chi connectivity index (χ4v) is 1.38. The predicted octanol–water partition coefficient (Wildman–Crippen LogP) is 0.102. The molecule has 1 aliphatic heterocycles. The molecule has 0 aliphatic carbocycles. The highest BCUT2D eigenvalue weighted by atomic mass is 16.5. The van der Waals surface area contributed by atoms with E-state index in [1.54, 1.807) is 0 Å². The van der Waals surface area contributed by atoms with Crippen LogP contribution in [0.5, 0.6) is 0 Å². The van der Waals surface area contributed by atoms with E-state index < -0.39 is 0 Å². The minimum atomic E-state index is 0.216. The van der Waals surface area contributed by atoms with E-state index in [9.17, 15) is 0 Å². The number of nitrogens with one attached hydrogen (secondary N) is 1. The van der Waals surface area contributed by atoms with Crippen LogP contribution in [0.4, 0.5) is 0 Å². The first-order valence-electron chi connectivity index (χ1n) is 4.42. The van der Waals surface area contributed by atoms with Crippen LogP contribution in [0.3, 0.4) is 0 Å². The topological polar surface area (TPSA) is 47.3 Å². The fourth-order valence-electron chi connectivity index (χ4n) is 1.38. The molecule has 1 heterocycles. The van der Waals surface area contributed by atoms with E-state index in [4.69, 9.17) is 10.5 Å². The Hall–Kier alpha value is -0.120. The molecule has 1 rings (SSSR count). The Kier molecular flexibility index (Phi) is 3.83. The minimum absolute atomic E-state index is 0.216. The SMILES string of the molecule is CCCC(N)C1CNCCO1. The maximum Gasteiger partial charge on any atom is 0.0850 e. The first-order valence-corrected chi connectivity index (χ1v) is 4.42. The van der Waals surface area contributed by atoms with E-state index >= 15 is 0 Å². The lowest BCUT2D eigenvalue weighted by atomic mass is 10.1. The monoisotopic (exact) mass is 158 g/mol. The molecule has 0 aromatic carbocycles. The number of hydrogen-bond acceptors (Lipinski definition) is 3. The van der Waals surface area contributed by atoms with E-state index in [0.717, 1.165) is 32.5 Å². The van der Waals surface area contributed by atoms with Gasteiger partial charge in [-0.05, 0) is 6.42 Å². The Labute approximate surface area is 68.3 Å². The van der Waals surface area contributed by atoms with Gasteiger partial charge in [-0.15, -0.1) is 0 Å². The van der Waals surface area contributed by atoms with Gasteiger partial charge in [-0.2, -0.15) is 0 Å². The summed E-state index contributed by atoms with van der Waals surface area (Å²) in [5.41, 5.74) is 5.89. The Morgan fingerprint density at radius 2 is 2.55 bits per heavy atom. The molecule has 0 aromatic heterocycles. The van der Waals surface area contributed by atoms with E-state index in [1.165, 1.54) is 0 Å². The molecule has 0 bridgehead atoms. The highest BCUT2D eigenvalue weighted by Gasteiger charge is 2.19. The first kappa shape index (κ1) is 8.97. The van der Waals surface area contributed by atoms with Crippen LogP contribution < -0.4 is 11.1 Å². The molecule has 2 atom stereocenters. The largest absolute Gasteiger partial charge is 0.374 e. The van der Waals surface area contributed by atoms with Gasteiger partial charge in [0, 0.05) is 19.1 Å². The number of nitrogens with two attached hydrogens (primary N) is 1. The summed E-state index contributed by atoms with van der Waals surface area (Å²) in [6.45, 7) is 4.84. The molecule has 3 heteroatoms. The lowest BCUT2D eigenvalue weighted by Gasteiger charge is -2.28. The van der Waals surface area contributed by atoms with Crippen molar-refractivity contribution < 1.29 is 4.74 Å². The first-order chi connectivity index (χ1) is 5.34. The molecule has 1 saturated heterocycles. The Morgan fingerprint density at radius 3 is 3.09 bits per heavy atom. The van der Waals surface area contributed by atoms with Gasteiger partial charge in [0.1, 0.15) is 0 Å². The molecule has 1 fully saturated rings. The minimum Gasteiger partial charge on any atom is -0.374 e. The molecule has 0 radical (unpaired) electrons. The van der Waals surface area contributed by atoms with Crippen LogP contribution in [0.15, 0.2) is 0 Å². The number of hydrogen-bond donors (Lipinski definition) is 2. The van der Waals surface area contributed by atoms with Crippen molar-refractivity contribution in [1.82, 2.24) is 5.32 Å². The number of rotatable bonds is 3. The summed E-state index contributed by atoms with van der Waals surface area (Å²) in [5.74, 6) is 0. The highest BCUT2D eigenvalue weighted by Crippen LogP contribution is 2.05. The van der Waals surface area contributed by atoms with Crippen molar-refractivity contribution in [2.24, 2.45) is 5.73 Å². The van der Waals surface area contributed by atoms with Crippen LogP contribution in [0.25, 0.3) is 0 Å². The zero-order chi connectivity index (χ0) is 8.10. The van der Waals surface area contributed by atoms with Gasteiger partial charge in [-0.3, -0.25) is 0 Å². The third-order valence-electron chi connectivity index (χ3n) is 2.06. The van der Waals surface area contributed by atoms with Crippen LogP contribution in [-0.2, 0) is 4.74 Å². The maximum absolute atomic E-state index is 5.89. The molecule has 0 amide bonds. The van der Waals surface area contributed by atoms with Crippen LogP contribution >= 0.6 is 0 Å². The van der Waals surface area contributed by atoms with Gasteiger partial charge < -0.3 is 15.8 Å². The third kappa shape index (κ3) is 2.77. The Bertz CT molecular complexity index is 102. The molecule has 0 spiro atoms. The van der Waals surface area contributed by atoms with E-state index in [1.807, 2.05) is 0 Å². The summed E-state index contributed by atoms with van der Waals surface area (Å²) in [7, 11) is 0. The fraction of sp³-hybridized carbons (Fsp3) is 1.00. The summed E-state index contributed by atoms with van der Waals surface area (Å²) < 4.78 is 5.50. The molecule has 3 N–H and O–H groups in total. The van der Waals surface area contributed by atoms with Crippen molar-refractivity contribution >= 4 is 0 Å². The van der Waals surface area contributed by atoms with Crippen molar-refractivity contribution in [3.8, 4) is 0 Å². The van der Waals surface area contributed by atoms with Gasteiger partial charge >= 0.3 is 0 Å². The summed E-state index contributed by atoms with van der Waals surface area (Å²) >= 11 is 0. The number of morpholine rings is 1. The predicted molar refractivity (Wildman–Crippen MR) is 45.5 cm³/mol. The lowest BCUT2D eigenvalue weighted by molar-refractivity contribution is 0.0109. The summed E-state index contributed by atoms with van der Waals surface area (Å²) in [5, 5.41) is 3.27. The molecule has 0 saturated carbocycles. The van der Waals surface area contributed by atoms with Gasteiger partial charge in [0.15, 0.2) is 0 Å². The average molecular weight is 158 g/mol. The quantitative estimate of drug-likeness (QED) is 0.612. The van der Waals surface area contributed by atoms with Crippen molar-refractivity contribution in [3.63, 3.8) is 0 Å². The van der Waals surface area contributed by atoms with Crippen molar-refractivity contribution in [2.75, 3.05) is 19.7 Å². The molecular formula is C8H18N2O. The molecule has 66 valence electrons. The molecule has 1 aliphatic rings. The summed E-state index contributed by atoms with van der Waals surface area (Å²) in [6, 6.07) is 0.216. The summed E-state index contributed by atoms with van der Waals surface area (Å²) in [4.78, 5) is 0. The van der Waals surface area contributed by atoms with Crippen molar-refractivity contribution in [2.45, 2.75) is 31.9 Å². The van der Waals surface area contributed by atoms with E-state index in [-0.39, 0.29) is 12.1 Å². The number of ether oxygens (including phenoxy) is 1. The normalized spacial score (nSPS) is 28.4. The average Bonchev–Trinajstić information content (AvgIpc) is 2.07. The second-order valence-electron chi connectivity index (χ2n) is 3.07. The Balaban J connectivity index is 2.21. The standard InChI is InChI=1S/C8H18N2O/c1-2-3-7(9)8-6-10-4-5-11-8/h7-8,10H,2-6,9H2,1H3. The van der Waals surface area contributed by atoms with Crippen molar-refractivity contribution in [1.29, 1.82) is 0 Å². The molecule has 0 aromatic rings. The van der Waals surface area contributed by atoms with Crippen LogP contribution in [0.1, 0.15) is 19.8 Å². The third-order valence-corrected chi connectivity index (χ3v) is 2.06. The molecule has 3 nitrogen and oxygen atoms in total. The molecule has 11 heavy (non-hydrogen) atoms. The Morgan fingerprint density at radius 1 is 1.73 bits per heavy atom. The lowest BCUT2D eigenvalue weighted by Crippen LogP contribution is -2.48.